The van der Waals surface area contributed by atoms with Crippen LogP contribution in [-0.2, 0) is 0 Å². The molecule has 2 aliphatic rings. The molecule has 1 heteroatoms. The Hall–Kier alpha value is -4.02. The topological polar surface area (TPSA) is 3.24 Å². The Morgan fingerprint density at radius 2 is 1.57 bits per heavy atom. The van der Waals surface area contributed by atoms with E-state index >= 15 is 0 Å². The maximum Gasteiger partial charge on any atom is 0.0413 e. The van der Waals surface area contributed by atoms with Gasteiger partial charge < -0.3 is 4.90 Å². The molecule has 0 N–H and O–H groups in total. The molecule has 0 saturated heterocycles. The summed E-state index contributed by atoms with van der Waals surface area (Å²) in [5, 5.41) is 0. The van der Waals surface area contributed by atoms with E-state index in [0.717, 1.165) is 12.0 Å². The number of anilines is 2. The number of allylic oxidation sites excluding steroid dienone is 6. The molecule has 1 nitrogen and oxygen atoms in total. The SMILES string of the molecule is CC1=CCC(N(c2ccc(C)cc2)c2ccc(/C=C(/C3=CC=C=C=C3)c3ccccc3)cc2)CC1. The minimum atomic E-state index is 0.471. The Morgan fingerprint density at radius 3 is 2.20 bits per heavy atom. The van der Waals surface area contributed by atoms with Crippen LogP contribution in [0.3, 0.4) is 0 Å². The third kappa shape index (κ3) is 5.39. The molecule has 0 amide bonds. The van der Waals surface area contributed by atoms with E-state index in [1.54, 1.807) is 0 Å². The summed E-state index contributed by atoms with van der Waals surface area (Å²) in [5.74, 6) is 0. The lowest BCUT2D eigenvalue weighted by atomic mass is 9.93. The number of aryl methyl sites for hydroxylation is 1. The van der Waals surface area contributed by atoms with Gasteiger partial charge in [0.05, 0.1) is 0 Å². The quantitative estimate of drug-likeness (QED) is 0.204. The lowest BCUT2D eigenvalue weighted by Crippen LogP contribution is -2.32. The third-order valence-corrected chi connectivity index (χ3v) is 6.82. The summed E-state index contributed by atoms with van der Waals surface area (Å²) < 4.78 is 0. The molecule has 5 rings (SSSR count). The van der Waals surface area contributed by atoms with E-state index in [0.29, 0.717) is 6.04 Å². The Morgan fingerprint density at radius 1 is 0.857 bits per heavy atom. The van der Waals surface area contributed by atoms with Crippen molar-refractivity contribution in [1.29, 1.82) is 0 Å². The van der Waals surface area contributed by atoms with Gasteiger partial charge in [-0.2, -0.15) is 0 Å². The minimum absolute atomic E-state index is 0.471. The molecular weight excluding hydrogens is 422 g/mol. The Kier molecular flexibility index (Phi) is 6.82. The number of hydrogen-bond donors (Lipinski definition) is 0. The number of hydrogen-bond acceptors (Lipinski definition) is 1. The average Bonchev–Trinajstić information content (AvgIpc) is 2.91. The van der Waals surface area contributed by atoms with Crippen LogP contribution in [0.5, 0.6) is 0 Å². The Labute approximate surface area is 209 Å². The molecule has 1 atom stereocenters. The monoisotopic (exact) mass is 453 g/mol. The molecule has 0 heterocycles. The molecule has 0 aromatic heterocycles. The van der Waals surface area contributed by atoms with Crippen LogP contribution in [0.4, 0.5) is 11.4 Å². The summed E-state index contributed by atoms with van der Waals surface area (Å²) in [5.41, 5.74) is 16.1. The van der Waals surface area contributed by atoms with Crippen molar-refractivity contribution in [2.75, 3.05) is 4.90 Å². The highest BCUT2D eigenvalue weighted by Gasteiger charge is 2.22. The molecule has 3 aromatic carbocycles. The predicted molar refractivity (Wildman–Crippen MR) is 150 cm³/mol. The lowest BCUT2D eigenvalue weighted by Gasteiger charge is -2.35. The number of rotatable bonds is 6. The van der Waals surface area contributed by atoms with E-state index in [-0.39, 0.29) is 0 Å². The van der Waals surface area contributed by atoms with E-state index < -0.39 is 0 Å². The van der Waals surface area contributed by atoms with Crippen molar-refractivity contribution in [3.8, 4) is 0 Å². The van der Waals surface area contributed by atoms with E-state index in [1.165, 1.54) is 52.1 Å². The molecule has 35 heavy (non-hydrogen) atoms. The summed E-state index contributed by atoms with van der Waals surface area (Å²) in [6.07, 6.45) is 14.1. The standard InChI is InChI=1S/C34H31N/c1-26-13-19-31(20-14-26)35(32-21-15-27(2)16-22-32)33-23-17-28(18-24-33)25-34(29-9-5-3-6-10-29)30-11-7-4-8-12-30/h3,5-7,9-15,17-20,23-25,32H,16,21-22H2,1-2H3/b34-25+. The van der Waals surface area contributed by atoms with Crippen molar-refractivity contribution in [2.24, 2.45) is 0 Å². The van der Waals surface area contributed by atoms with Gasteiger partial charge in [-0.3, -0.25) is 0 Å². The first-order valence-corrected chi connectivity index (χ1v) is 12.4. The van der Waals surface area contributed by atoms with Gasteiger partial charge in [-0.1, -0.05) is 83.3 Å². The zero-order valence-corrected chi connectivity index (χ0v) is 20.5. The summed E-state index contributed by atoms with van der Waals surface area (Å²) in [6.45, 7) is 4.40. The van der Waals surface area contributed by atoms with Crippen LogP contribution >= 0.6 is 0 Å². The third-order valence-electron chi connectivity index (χ3n) is 6.82. The first-order chi connectivity index (χ1) is 17.2. The molecule has 3 aromatic rings. The van der Waals surface area contributed by atoms with Gasteiger partial charge in [0, 0.05) is 17.4 Å². The number of nitrogens with zero attached hydrogens (tertiary/aromatic N) is 1. The van der Waals surface area contributed by atoms with Gasteiger partial charge in [0.25, 0.3) is 0 Å². The first kappa shape index (κ1) is 22.8. The number of benzene rings is 3. The first-order valence-electron chi connectivity index (χ1n) is 12.4. The van der Waals surface area contributed by atoms with Crippen molar-refractivity contribution >= 4 is 23.0 Å². The molecule has 0 saturated carbocycles. The van der Waals surface area contributed by atoms with Gasteiger partial charge in [-0.25, -0.2) is 0 Å². The van der Waals surface area contributed by atoms with E-state index in [9.17, 15) is 0 Å². The van der Waals surface area contributed by atoms with Crippen LogP contribution in [0, 0.1) is 6.92 Å². The fourth-order valence-electron chi connectivity index (χ4n) is 4.83. The van der Waals surface area contributed by atoms with Gasteiger partial charge in [0.2, 0.25) is 0 Å². The maximum atomic E-state index is 3.11. The van der Waals surface area contributed by atoms with Crippen LogP contribution in [0.1, 0.15) is 42.9 Å². The summed E-state index contributed by atoms with van der Waals surface area (Å²) in [4.78, 5) is 2.52. The highest BCUT2D eigenvalue weighted by molar-refractivity contribution is 5.93. The fraction of sp³-hybridized carbons (Fsp3) is 0.176. The lowest BCUT2D eigenvalue weighted by molar-refractivity contribution is 0.576. The zero-order chi connectivity index (χ0) is 24.0. The molecule has 2 aliphatic carbocycles. The highest BCUT2D eigenvalue weighted by Crippen LogP contribution is 2.35. The normalized spacial score (nSPS) is 17.2. The van der Waals surface area contributed by atoms with Gasteiger partial charge >= 0.3 is 0 Å². The molecule has 0 aliphatic heterocycles. The van der Waals surface area contributed by atoms with Crippen LogP contribution in [-0.4, -0.2) is 6.04 Å². The fourth-order valence-corrected chi connectivity index (χ4v) is 4.83. The molecule has 172 valence electrons. The predicted octanol–water partition coefficient (Wildman–Crippen LogP) is 8.98. The van der Waals surface area contributed by atoms with Gasteiger partial charge in [-0.15, -0.1) is 0 Å². The van der Waals surface area contributed by atoms with Crippen LogP contribution in [0.15, 0.2) is 126 Å². The molecule has 0 bridgehead atoms. The second kappa shape index (κ2) is 10.5. The zero-order valence-electron chi connectivity index (χ0n) is 20.5. The van der Waals surface area contributed by atoms with Crippen molar-refractivity contribution in [2.45, 2.75) is 39.2 Å². The largest absolute Gasteiger partial charge is 0.338 e. The van der Waals surface area contributed by atoms with Crippen molar-refractivity contribution in [3.05, 3.63) is 142 Å². The van der Waals surface area contributed by atoms with Crippen molar-refractivity contribution in [3.63, 3.8) is 0 Å². The Bertz CT molecular complexity index is 1370. The minimum Gasteiger partial charge on any atom is -0.338 e. The van der Waals surface area contributed by atoms with Crippen LogP contribution in [0.2, 0.25) is 0 Å². The molecule has 0 fully saturated rings. The van der Waals surface area contributed by atoms with E-state index in [4.69, 9.17) is 0 Å². The van der Waals surface area contributed by atoms with Crippen LogP contribution in [0.25, 0.3) is 11.6 Å². The van der Waals surface area contributed by atoms with E-state index in [1.807, 2.05) is 12.2 Å². The highest BCUT2D eigenvalue weighted by atomic mass is 15.2. The summed E-state index contributed by atoms with van der Waals surface area (Å²) in [6, 6.07) is 29.0. The van der Waals surface area contributed by atoms with Gasteiger partial charge in [0.1, 0.15) is 0 Å². The molecule has 1 unspecified atom stereocenters. The smallest absolute Gasteiger partial charge is 0.0413 e. The molecule has 0 spiro atoms. The summed E-state index contributed by atoms with van der Waals surface area (Å²) in [7, 11) is 0. The van der Waals surface area contributed by atoms with E-state index in [2.05, 4.69) is 127 Å². The van der Waals surface area contributed by atoms with Crippen LogP contribution < -0.4 is 4.90 Å². The summed E-state index contributed by atoms with van der Waals surface area (Å²) >= 11 is 0. The average molecular weight is 454 g/mol. The second-order valence-corrected chi connectivity index (χ2v) is 9.42. The second-order valence-electron chi connectivity index (χ2n) is 9.42. The Balaban J connectivity index is 1.50. The van der Waals surface area contributed by atoms with Crippen molar-refractivity contribution in [1.82, 2.24) is 0 Å². The van der Waals surface area contributed by atoms with Gasteiger partial charge in [0.15, 0.2) is 0 Å². The van der Waals surface area contributed by atoms with Gasteiger partial charge in [-0.05, 0) is 104 Å². The molecular formula is C34H31N. The van der Waals surface area contributed by atoms with Crippen molar-refractivity contribution < 1.29 is 0 Å². The maximum absolute atomic E-state index is 3.11. The molecule has 0 radical (unpaired) electrons.